The van der Waals surface area contributed by atoms with E-state index in [1.165, 1.54) is 20.2 Å². The molecule has 238 valence electrons. The predicted octanol–water partition coefficient (Wildman–Crippen LogP) is 12.1. The first kappa shape index (κ1) is 28.2. The van der Waals surface area contributed by atoms with Gasteiger partial charge in [-0.1, -0.05) is 84.9 Å². The van der Waals surface area contributed by atoms with Crippen molar-refractivity contribution in [2.75, 3.05) is 0 Å². The molecule has 6 nitrogen and oxygen atoms in total. The van der Waals surface area contributed by atoms with Crippen molar-refractivity contribution in [3.8, 4) is 45.4 Å². The van der Waals surface area contributed by atoms with E-state index in [-0.39, 0.29) is 0 Å². The van der Waals surface area contributed by atoms with Crippen molar-refractivity contribution in [2.24, 2.45) is 0 Å². The third-order valence-electron chi connectivity index (χ3n) is 9.62. The molecule has 11 rings (SSSR count). The molecule has 0 unspecified atom stereocenters. The van der Waals surface area contributed by atoms with E-state index < -0.39 is 0 Å². The number of benzene rings is 6. The van der Waals surface area contributed by atoms with Gasteiger partial charge in [-0.25, -0.2) is 15.0 Å². The molecular formula is C44H24N4O2S. The first-order valence-corrected chi connectivity index (χ1v) is 17.5. The smallest absolute Gasteiger partial charge is 0.166 e. The second-order valence-electron chi connectivity index (χ2n) is 12.6. The highest BCUT2D eigenvalue weighted by molar-refractivity contribution is 7.26. The minimum Gasteiger partial charge on any atom is -0.456 e. The van der Waals surface area contributed by atoms with Gasteiger partial charge in [0.05, 0.1) is 5.69 Å². The van der Waals surface area contributed by atoms with Crippen molar-refractivity contribution in [2.45, 2.75) is 0 Å². The van der Waals surface area contributed by atoms with Gasteiger partial charge in [-0.3, -0.25) is 4.98 Å². The van der Waals surface area contributed by atoms with E-state index in [9.17, 15) is 0 Å². The molecule has 0 radical (unpaired) electrons. The Labute approximate surface area is 294 Å². The average molecular weight is 673 g/mol. The van der Waals surface area contributed by atoms with Gasteiger partial charge in [-0.05, 0) is 54.6 Å². The molecule has 0 N–H and O–H groups in total. The van der Waals surface area contributed by atoms with Gasteiger partial charge in [0.1, 0.15) is 22.3 Å². The van der Waals surface area contributed by atoms with E-state index >= 15 is 0 Å². The fraction of sp³-hybridized carbons (Fsp3) is 0. The Kier molecular flexibility index (Phi) is 6.02. The lowest BCUT2D eigenvalue weighted by Gasteiger charge is -2.12. The third-order valence-corrected chi connectivity index (χ3v) is 10.8. The molecule has 7 heteroatoms. The summed E-state index contributed by atoms with van der Waals surface area (Å²) in [6.07, 6.45) is 1.83. The zero-order chi connectivity index (χ0) is 33.5. The highest BCUT2D eigenvalue weighted by Crippen LogP contribution is 2.42. The number of fused-ring (bicyclic) bond motifs is 9. The summed E-state index contributed by atoms with van der Waals surface area (Å²) in [5.41, 5.74) is 7.58. The molecule has 51 heavy (non-hydrogen) atoms. The Balaban J connectivity index is 1.14. The maximum absolute atomic E-state index is 6.27. The van der Waals surface area contributed by atoms with Gasteiger partial charge in [0.15, 0.2) is 17.5 Å². The number of hydrogen-bond acceptors (Lipinski definition) is 7. The summed E-state index contributed by atoms with van der Waals surface area (Å²) in [6.45, 7) is 0. The van der Waals surface area contributed by atoms with Crippen LogP contribution in [0.4, 0.5) is 0 Å². The molecule has 0 saturated carbocycles. The van der Waals surface area contributed by atoms with Crippen LogP contribution in [0.25, 0.3) is 109 Å². The van der Waals surface area contributed by atoms with Crippen molar-refractivity contribution in [1.29, 1.82) is 0 Å². The van der Waals surface area contributed by atoms with E-state index in [1.807, 2.05) is 66.9 Å². The van der Waals surface area contributed by atoms with Crippen LogP contribution in [0.3, 0.4) is 0 Å². The number of nitrogens with zero attached hydrogens (tertiary/aromatic N) is 4. The molecule has 0 fully saturated rings. The van der Waals surface area contributed by atoms with Gasteiger partial charge in [-0.15, -0.1) is 11.3 Å². The Morgan fingerprint density at radius 3 is 1.65 bits per heavy atom. The van der Waals surface area contributed by atoms with Crippen LogP contribution in [0.1, 0.15) is 0 Å². The molecular weight excluding hydrogens is 649 g/mol. The molecule has 6 aromatic carbocycles. The van der Waals surface area contributed by atoms with Crippen molar-refractivity contribution < 1.29 is 8.83 Å². The van der Waals surface area contributed by atoms with Crippen LogP contribution in [-0.4, -0.2) is 19.9 Å². The number of thiophene rings is 1. The molecule has 5 heterocycles. The zero-order valence-electron chi connectivity index (χ0n) is 26.9. The van der Waals surface area contributed by atoms with Crippen molar-refractivity contribution in [1.82, 2.24) is 19.9 Å². The molecule has 0 aliphatic rings. The van der Waals surface area contributed by atoms with Crippen molar-refractivity contribution in [3.05, 3.63) is 146 Å². The zero-order valence-corrected chi connectivity index (χ0v) is 27.7. The predicted molar refractivity (Wildman–Crippen MR) is 207 cm³/mol. The first-order valence-electron chi connectivity index (χ1n) is 16.7. The maximum atomic E-state index is 6.27. The highest BCUT2D eigenvalue weighted by Gasteiger charge is 2.20. The summed E-state index contributed by atoms with van der Waals surface area (Å²) in [4.78, 5) is 20.3. The van der Waals surface area contributed by atoms with E-state index in [4.69, 9.17) is 28.8 Å². The average Bonchev–Trinajstić information content (AvgIpc) is 3.88. The van der Waals surface area contributed by atoms with Crippen molar-refractivity contribution >= 4 is 75.4 Å². The molecule has 11 aromatic rings. The van der Waals surface area contributed by atoms with Gasteiger partial charge in [0.2, 0.25) is 0 Å². The van der Waals surface area contributed by atoms with Gasteiger partial charge < -0.3 is 8.83 Å². The van der Waals surface area contributed by atoms with Gasteiger partial charge in [-0.2, -0.15) is 0 Å². The number of pyridine rings is 1. The van der Waals surface area contributed by atoms with E-state index in [1.54, 1.807) is 11.3 Å². The van der Waals surface area contributed by atoms with Crippen LogP contribution < -0.4 is 0 Å². The minimum atomic E-state index is 0.533. The summed E-state index contributed by atoms with van der Waals surface area (Å²) < 4.78 is 15.0. The molecule has 0 atom stereocenters. The van der Waals surface area contributed by atoms with Gasteiger partial charge in [0, 0.05) is 70.2 Å². The van der Waals surface area contributed by atoms with Crippen LogP contribution in [0.15, 0.2) is 155 Å². The molecule has 0 amide bonds. The van der Waals surface area contributed by atoms with Gasteiger partial charge >= 0.3 is 0 Å². The summed E-state index contributed by atoms with van der Waals surface area (Å²) in [5.74, 6) is 1.61. The van der Waals surface area contributed by atoms with Gasteiger partial charge in [0.25, 0.3) is 0 Å². The lowest BCUT2D eigenvalue weighted by Crippen LogP contribution is -2.01. The number of hydrogen-bond donors (Lipinski definition) is 0. The Hall–Kier alpha value is -6.70. The van der Waals surface area contributed by atoms with Crippen LogP contribution in [0, 0.1) is 0 Å². The molecule has 0 aliphatic heterocycles. The highest BCUT2D eigenvalue weighted by atomic mass is 32.1. The SMILES string of the molecule is c1cnc(-c2cccc3c2sc2ccccc23)c(-c2nc(-c3ccc4c(c3)oc3ccccc34)nc(-c3ccc4c(c3)oc3ccccc34)n2)c1. The Bertz CT molecular complexity index is 3040. The first-order chi connectivity index (χ1) is 25.2. The van der Waals surface area contributed by atoms with Crippen LogP contribution >= 0.6 is 11.3 Å². The maximum Gasteiger partial charge on any atom is 0.166 e. The summed E-state index contributed by atoms with van der Waals surface area (Å²) >= 11 is 1.78. The van der Waals surface area contributed by atoms with Crippen LogP contribution in [-0.2, 0) is 0 Å². The molecule has 0 aliphatic carbocycles. The number of aromatic nitrogens is 4. The monoisotopic (exact) mass is 672 g/mol. The summed E-state index contributed by atoms with van der Waals surface area (Å²) in [5, 5.41) is 6.69. The fourth-order valence-electron chi connectivity index (χ4n) is 7.22. The van der Waals surface area contributed by atoms with Crippen LogP contribution in [0.2, 0.25) is 0 Å². The molecule has 0 saturated heterocycles. The number of furan rings is 2. The van der Waals surface area contributed by atoms with Crippen molar-refractivity contribution in [3.63, 3.8) is 0 Å². The minimum absolute atomic E-state index is 0.533. The molecule has 0 spiro atoms. The normalized spacial score (nSPS) is 11.9. The Morgan fingerprint density at radius 1 is 0.412 bits per heavy atom. The quantitative estimate of drug-likeness (QED) is 0.185. The second kappa shape index (κ2) is 10.9. The van der Waals surface area contributed by atoms with Crippen LogP contribution in [0.5, 0.6) is 0 Å². The summed E-state index contributed by atoms with van der Waals surface area (Å²) in [7, 11) is 0. The third kappa shape index (κ3) is 4.42. The van der Waals surface area contributed by atoms with E-state index in [0.717, 1.165) is 71.8 Å². The topological polar surface area (TPSA) is 77.8 Å². The largest absolute Gasteiger partial charge is 0.456 e. The number of para-hydroxylation sites is 2. The standard InChI is InChI=1S/C44H24N4O2S/c1-4-15-35-27(9-1)29-20-18-25(23-37(29)49-35)42-46-43(26-19-21-30-28-10-2-5-16-36(28)50-38(30)24-26)48-44(47-42)34-14-8-22-45-40(34)33-13-7-12-32-31-11-3-6-17-39(31)51-41(32)33/h1-24H. The molecule has 5 aromatic heterocycles. The molecule has 0 bridgehead atoms. The summed E-state index contributed by atoms with van der Waals surface area (Å²) in [6, 6.07) is 47.4. The number of rotatable bonds is 4. The lowest BCUT2D eigenvalue weighted by atomic mass is 10.0. The van der Waals surface area contributed by atoms with E-state index in [2.05, 4.69) is 78.9 Å². The lowest BCUT2D eigenvalue weighted by molar-refractivity contribution is 0.668. The second-order valence-corrected chi connectivity index (χ2v) is 13.7. The Morgan fingerprint density at radius 2 is 0.961 bits per heavy atom. The fourth-order valence-corrected chi connectivity index (χ4v) is 8.44. The van der Waals surface area contributed by atoms with E-state index in [0.29, 0.717) is 17.5 Å².